The average Bonchev–Trinajstić information content (AvgIpc) is 2.98. The summed E-state index contributed by atoms with van der Waals surface area (Å²) in [6.45, 7) is 0.400. The molecule has 0 bridgehead atoms. The molecule has 0 aliphatic heterocycles. The van der Waals surface area contributed by atoms with E-state index in [1.807, 2.05) is 12.1 Å². The summed E-state index contributed by atoms with van der Waals surface area (Å²) in [5.41, 5.74) is 1.58. The van der Waals surface area contributed by atoms with Crippen molar-refractivity contribution in [1.82, 2.24) is 9.78 Å². The second-order valence-electron chi connectivity index (χ2n) is 5.10. The minimum atomic E-state index is -0.417. The van der Waals surface area contributed by atoms with Gasteiger partial charge in [0.1, 0.15) is 11.5 Å². The van der Waals surface area contributed by atoms with E-state index in [2.05, 4.69) is 21.0 Å². The summed E-state index contributed by atoms with van der Waals surface area (Å²) >= 11 is 3.42. The first-order valence-electron chi connectivity index (χ1n) is 7.04. The van der Waals surface area contributed by atoms with Crippen LogP contribution in [0.15, 0.2) is 41.0 Å². The van der Waals surface area contributed by atoms with Crippen LogP contribution >= 0.6 is 15.9 Å². The molecule has 124 valence electrons. The summed E-state index contributed by atoms with van der Waals surface area (Å²) in [5, 5.41) is 16.2. The normalized spacial score (nSPS) is 10.8. The van der Waals surface area contributed by atoms with Crippen LogP contribution in [0.4, 0.5) is 5.69 Å². The number of halogens is 1. The Balaban J connectivity index is 2.06. The molecule has 1 aromatic heterocycles. The molecule has 0 amide bonds. The number of rotatable bonds is 5. The van der Waals surface area contributed by atoms with Gasteiger partial charge in [-0.15, -0.1) is 0 Å². The Morgan fingerprint density at radius 1 is 1.21 bits per heavy atom. The van der Waals surface area contributed by atoms with Gasteiger partial charge in [0, 0.05) is 23.1 Å². The number of non-ortho nitro benzene ring substituents is 1. The van der Waals surface area contributed by atoms with Crippen LogP contribution in [0.1, 0.15) is 5.56 Å². The van der Waals surface area contributed by atoms with Crippen molar-refractivity contribution in [3.05, 3.63) is 56.7 Å². The van der Waals surface area contributed by atoms with E-state index < -0.39 is 4.92 Å². The first-order valence-corrected chi connectivity index (χ1v) is 7.83. The van der Waals surface area contributed by atoms with Gasteiger partial charge < -0.3 is 9.47 Å². The molecule has 8 heteroatoms. The number of hydrogen-bond donors (Lipinski definition) is 0. The van der Waals surface area contributed by atoms with Crippen molar-refractivity contribution in [3.8, 4) is 11.5 Å². The maximum atomic E-state index is 11.0. The van der Waals surface area contributed by atoms with E-state index in [4.69, 9.17) is 9.47 Å². The second kappa shape index (κ2) is 6.48. The molecule has 0 atom stereocenters. The molecule has 0 fully saturated rings. The standard InChI is InChI=1S/C16H14BrN3O4/c1-23-15-7-13(17)16(24-2)5-11(15)9-19-14-6-12(20(21)22)4-3-10(14)8-18-19/h3-8H,9H2,1-2H3. The lowest BCUT2D eigenvalue weighted by molar-refractivity contribution is -0.384. The Bertz CT molecular complexity index is 923. The summed E-state index contributed by atoms with van der Waals surface area (Å²) in [4.78, 5) is 10.6. The quantitative estimate of drug-likeness (QED) is 0.488. The zero-order valence-electron chi connectivity index (χ0n) is 13.0. The molecule has 2 aromatic carbocycles. The van der Waals surface area contributed by atoms with E-state index >= 15 is 0 Å². The van der Waals surface area contributed by atoms with Crippen molar-refractivity contribution in [2.45, 2.75) is 6.54 Å². The van der Waals surface area contributed by atoms with E-state index in [0.29, 0.717) is 23.6 Å². The van der Waals surface area contributed by atoms with Crippen molar-refractivity contribution in [2.24, 2.45) is 0 Å². The van der Waals surface area contributed by atoms with E-state index in [1.54, 1.807) is 31.2 Å². The fourth-order valence-electron chi connectivity index (χ4n) is 2.51. The van der Waals surface area contributed by atoms with Gasteiger partial charge in [-0.1, -0.05) is 0 Å². The van der Waals surface area contributed by atoms with Crippen molar-refractivity contribution < 1.29 is 14.4 Å². The number of nitro groups is 1. The summed E-state index contributed by atoms with van der Waals surface area (Å²) < 4.78 is 13.2. The van der Waals surface area contributed by atoms with Gasteiger partial charge in [-0.25, -0.2) is 0 Å². The molecule has 1 heterocycles. The summed E-state index contributed by atoms with van der Waals surface area (Å²) in [6.07, 6.45) is 1.68. The molecule has 0 unspecified atom stereocenters. The van der Waals surface area contributed by atoms with E-state index in [1.165, 1.54) is 12.1 Å². The molecule has 3 aromatic rings. The van der Waals surface area contributed by atoms with Crippen LogP contribution in [0.25, 0.3) is 10.9 Å². The number of nitrogens with zero attached hydrogens (tertiary/aromatic N) is 3. The molecule has 0 aliphatic rings. The Labute approximate surface area is 146 Å². The SMILES string of the molecule is COc1cc(Cn2ncc3ccc([N+](=O)[O-])cc32)c(OC)cc1Br. The third-order valence-electron chi connectivity index (χ3n) is 3.71. The molecule has 0 saturated heterocycles. The predicted molar refractivity (Wildman–Crippen MR) is 92.7 cm³/mol. The number of nitro benzene ring substituents is 1. The van der Waals surface area contributed by atoms with Gasteiger partial charge in [-0.3, -0.25) is 14.8 Å². The zero-order chi connectivity index (χ0) is 17.3. The van der Waals surface area contributed by atoms with E-state index in [0.717, 1.165) is 15.4 Å². The molecule has 0 N–H and O–H groups in total. The number of hydrogen-bond acceptors (Lipinski definition) is 5. The predicted octanol–water partition coefficient (Wildman–Crippen LogP) is 3.77. The third-order valence-corrected chi connectivity index (χ3v) is 4.33. The van der Waals surface area contributed by atoms with Crippen molar-refractivity contribution in [3.63, 3.8) is 0 Å². The van der Waals surface area contributed by atoms with Crippen LogP contribution in [-0.2, 0) is 6.54 Å². The van der Waals surface area contributed by atoms with E-state index in [9.17, 15) is 10.1 Å². The lowest BCUT2D eigenvalue weighted by atomic mass is 10.1. The molecular weight excluding hydrogens is 378 g/mol. The van der Waals surface area contributed by atoms with Crippen molar-refractivity contribution in [2.75, 3.05) is 14.2 Å². The topological polar surface area (TPSA) is 79.4 Å². The van der Waals surface area contributed by atoms with Gasteiger partial charge in [0.2, 0.25) is 0 Å². The molecule has 0 spiro atoms. The number of methoxy groups -OCH3 is 2. The molecule has 3 rings (SSSR count). The van der Waals surface area contributed by atoms with Crippen LogP contribution in [-0.4, -0.2) is 28.9 Å². The summed E-state index contributed by atoms with van der Waals surface area (Å²) in [7, 11) is 3.17. The molecule has 0 saturated carbocycles. The first kappa shape index (κ1) is 16.3. The molecule has 0 radical (unpaired) electrons. The number of fused-ring (bicyclic) bond motifs is 1. The highest BCUT2D eigenvalue weighted by Crippen LogP contribution is 2.33. The highest BCUT2D eigenvalue weighted by molar-refractivity contribution is 9.10. The average molecular weight is 392 g/mol. The molecule has 7 nitrogen and oxygen atoms in total. The zero-order valence-corrected chi connectivity index (χ0v) is 14.6. The monoisotopic (exact) mass is 391 g/mol. The van der Waals surface area contributed by atoms with Gasteiger partial charge >= 0.3 is 0 Å². The fourth-order valence-corrected chi connectivity index (χ4v) is 2.99. The largest absolute Gasteiger partial charge is 0.496 e. The molecular formula is C16H14BrN3O4. The van der Waals surface area contributed by atoms with Crippen LogP contribution in [0, 0.1) is 10.1 Å². The fraction of sp³-hybridized carbons (Fsp3) is 0.188. The lowest BCUT2D eigenvalue weighted by Gasteiger charge is -2.13. The second-order valence-corrected chi connectivity index (χ2v) is 5.96. The van der Waals surface area contributed by atoms with Gasteiger partial charge in [-0.05, 0) is 34.1 Å². The summed E-state index contributed by atoms with van der Waals surface area (Å²) in [6, 6.07) is 8.36. The Morgan fingerprint density at radius 3 is 2.62 bits per heavy atom. The van der Waals surface area contributed by atoms with Crippen molar-refractivity contribution >= 4 is 32.5 Å². The number of aromatic nitrogens is 2. The molecule has 0 aliphatic carbocycles. The lowest BCUT2D eigenvalue weighted by Crippen LogP contribution is -2.04. The van der Waals surface area contributed by atoms with Crippen molar-refractivity contribution in [1.29, 1.82) is 0 Å². The maximum absolute atomic E-state index is 11.0. The van der Waals surface area contributed by atoms with E-state index in [-0.39, 0.29) is 5.69 Å². The smallest absolute Gasteiger partial charge is 0.271 e. The summed E-state index contributed by atoms with van der Waals surface area (Å²) in [5.74, 6) is 1.35. The maximum Gasteiger partial charge on any atom is 0.271 e. The third kappa shape index (κ3) is 2.92. The highest BCUT2D eigenvalue weighted by atomic mass is 79.9. The van der Waals surface area contributed by atoms with Crippen LogP contribution < -0.4 is 9.47 Å². The van der Waals surface area contributed by atoms with Gasteiger partial charge in [0.15, 0.2) is 0 Å². The van der Waals surface area contributed by atoms with Crippen LogP contribution in [0.2, 0.25) is 0 Å². The number of benzene rings is 2. The Hall–Kier alpha value is -2.61. The van der Waals surface area contributed by atoms with Gasteiger partial charge in [0.25, 0.3) is 5.69 Å². The number of ether oxygens (including phenoxy) is 2. The minimum absolute atomic E-state index is 0.0320. The van der Waals surface area contributed by atoms with Gasteiger partial charge in [-0.2, -0.15) is 5.10 Å². The molecule has 24 heavy (non-hydrogen) atoms. The highest BCUT2D eigenvalue weighted by Gasteiger charge is 2.14. The first-order chi connectivity index (χ1) is 11.5. The van der Waals surface area contributed by atoms with Crippen LogP contribution in [0.5, 0.6) is 11.5 Å². The Morgan fingerprint density at radius 2 is 1.96 bits per heavy atom. The Kier molecular flexibility index (Phi) is 4.39. The minimum Gasteiger partial charge on any atom is -0.496 e. The van der Waals surface area contributed by atoms with Gasteiger partial charge in [0.05, 0.1) is 41.9 Å². The van der Waals surface area contributed by atoms with Crippen LogP contribution in [0.3, 0.4) is 0 Å².